The van der Waals surface area contributed by atoms with Gasteiger partial charge in [-0.3, -0.25) is 4.90 Å². The lowest BCUT2D eigenvalue weighted by atomic mass is 10.0. The van der Waals surface area contributed by atoms with Crippen molar-refractivity contribution < 1.29 is 4.52 Å². The van der Waals surface area contributed by atoms with Gasteiger partial charge < -0.3 is 9.84 Å². The van der Waals surface area contributed by atoms with Crippen LogP contribution in [0.1, 0.15) is 50.7 Å². The van der Waals surface area contributed by atoms with Crippen LogP contribution >= 0.6 is 0 Å². The molecule has 3 rings (SSSR count). The van der Waals surface area contributed by atoms with E-state index >= 15 is 0 Å². The van der Waals surface area contributed by atoms with Crippen LogP contribution in [0.5, 0.6) is 0 Å². The highest BCUT2D eigenvalue weighted by Gasteiger charge is 2.33. The molecule has 2 unspecified atom stereocenters. The zero-order valence-electron chi connectivity index (χ0n) is 11.8. The molecule has 5 heteroatoms. The number of rotatable bonds is 5. The fraction of sp³-hybridized carbons (Fsp3) is 0.857. The Morgan fingerprint density at radius 3 is 3.11 bits per heavy atom. The minimum atomic E-state index is 0.657. The first-order valence-corrected chi connectivity index (χ1v) is 7.65. The number of aryl methyl sites for hydroxylation is 1. The molecule has 2 fully saturated rings. The highest BCUT2D eigenvalue weighted by Crippen LogP contribution is 2.26. The van der Waals surface area contributed by atoms with E-state index in [9.17, 15) is 0 Å². The van der Waals surface area contributed by atoms with Gasteiger partial charge in [0.1, 0.15) is 0 Å². The van der Waals surface area contributed by atoms with E-state index in [0.717, 1.165) is 37.6 Å². The molecule has 0 saturated carbocycles. The minimum Gasteiger partial charge on any atom is -0.338 e. The zero-order valence-corrected chi connectivity index (χ0v) is 11.8. The molecule has 1 aromatic heterocycles. The van der Waals surface area contributed by atoms with E-state index in [1.165, 1.54) is 32.2 Å². The van der Waals surface area contributed by atoms with Crippen LogP contribution < -0.4 is 5.32 Å². The van der Waals surface area contributed by atoms with Gasteiger partial charge in [-0.25, -0.2) is 0 Å². The Bertz CT molecular complexity index is 400. The molecule has 0 bridgehead atoms. The summed E-state index contributed by atoms with van der Waals surface area (Å²) in [6.07, 6.45) is 7.20. The summed E-state index contributed by atoms with van der Waals surface area (Å²) in [7, 11) is 0. The summed E-state index contributed by atoms with van der Waals surface area (Å²) in [5.41, 5.74) is 0. The summed E-state index contributed by atoms with van der Waals surface area (Å²) in [6.45, 7) is 5.29. The molecule has 2 atom stereocenters. The van der Waals surface area contributed by atoms with E-state index in [4.69, 9.17) is 4.52 Å². The molecule has 0 aliphatic carbocycles. The van der Waals surface area contributed by atoms with Crippen molar-refractivity contribution in [1.82, 2.24) is 20.4 Å². The van der Waals surface area contributed by atoms with Crippen LogP contribution in [-0.4, -0.2) is 40.2 Å². The van der Waals surface area contributed by atoms with Crippen LogP contribution in [0.2, 0.25) is 0 Å². The Hall–Kier alpha value is -0.940. The predicted molar refractivity (Wildman–Crippen MR) is 72.7 cm³/mol. The molecule has 1 aromatic rings. The van der Waals surface area contributed by atoms with Crippen LogP contribution in [0.25, 0.3) is 0 Å². The Morgan fingerprint density at radius 2 is 2.32 bits per heavy atom. The quantitative estimate of drug-likeness (QED) is 0.878. The second-order valence-electron chi connectivity index (χ2n) is 5.74. The number of nitrogens with one attached hydrogen (secondary N) is 1. The van der Waals surface area contributed by atoms with Gasteiger partial charge in [-0.1, -0.05) is 12.1 Å². The van der Waals surface area contributed by atoms with Crippen LogP contribution in [0.4, 0.5) is 0 Å². The second-order valence-corrected chi connectivity index (χ2v) is 5.74. The van der Waals surface area contributed by atoms with Crippen molar-refractivity contribution in [2.45, 2.75) is 64.1 Å². The maximum atomic E-state index is 5.37. The highest BCUT2D eigenvalue weighted by molar-refractivity contribution is 4.94. The summed E-state index contributed by atoms with van der Waals surface area (Å²) in [6, 6.07) is 1.32. The SMILES string of the molecule is CCCc1noc(CN2CCCC2C2CCCN2)n1. The fourth-order valence-corrected chi connectivity index (χ4v) is 3.40. The topological polar surface area (TPSA) is 54.2 Å². The van der Waals surface area contributed by atoms with Crippen molar-refractivity contribution in [2.24, 2.45) is 0 Å². The lowest BCUT2D eigenvalue weighted by Crippen LogP contribution is -2.43. The van der Waals surface area contributed by atoms with Crippen LogP contribution in [0, 0.1) is 0 Å². The van der Waals surface area contributed by atoms with Gasteiger partial charge >= 0.3 is 0 Å². The van der Waals surface area contributed by atoms with E-state index in [1.807, 2.05) is 0 Å². The Morgan fingerprint density at radius 1 is 1.37 bits per heavy atom. The molecule has 2 aliphatic rings. The van der Waals surface area contributed by atoms with Crippen molar-refractivity contribution in [3.05, 3.63) is 11.7 Å². The molecular weight excluding hydrogens is 240 g/mol. The summed E-state index contributed by atoms with van der Waals surface area (Å²) < 4.78 is 5.37. The lowest BCUT2D eigenvalue weighted by molar-refractivity contribution is 0.182. The van der Waals surface area contributed by atoms with Gasteiger partial charge in [-0.2, -0.15) is 4.98 Å². The first-order chi connectivity index (χ1) is 9.36. The summed E-state index contributed by atoms with van der Waals surface area (Å²) in [5.74, 6) is 1.64. The second kappa shape index (κ2) is 6.01. The van der Waals surface area contributed by atoms with Crippen LogP contribution in [0.15, 0.2) is 4.52 Å². The first-order valence-electron chi connectivity index (χ1n) is 7.65. The van der Waals surface area contributed by atoms with Gasteiger partial charge in [0.25, 0.3) is 0 Å². The van der Waals surface area contributed by atoms with Crippen LogP contribution in [-0.2, 0) is 13.0 Å². The molecule has 5 nitrogen and oxygen atoms in total. The van der Waals surface area contributed by atoms with Crippen molar-refractivity contribution in [3.63, 3.8) is 0 Å². The molecule has 3 heterocycles. The standard InChI is InChI=1S/C14H24N4O/c1-2-5-13-16-14(19-17-13)10-18-9-4-7-12(18)11-6-3-8-15-11/h11-12,15H,2-10H2,1H3. The maximum absolute atomic E-state index is 5.37. The molecule has 1 N–H and O–H groups in total. The molecule has 19 heavy (non-hydrogen) atoms. The fourth-order valence-electron chi connectivity index (χ4n) is 3.40. The highest BCUT2D eigenvalue weighted by atomic mass is 16.5. The third kappa shape index (κ3) is 2.98. The minimum absolute atomic E-state index is 0.657. The predicted octanol–water partition coefficient (Wildman–Crippen LogP) is 1.74. The molecule has 0 spiro atoms. The molecular formula is C14H24N4O. The van der Waals surface area contributed by atoms with E-state index in [0.29, 0.717) is 12.1 Å². The van der Waals surface area contributed by atoms with E-state index in [-0.39, 0.29) is 0 Å². The monoisotopic (exact) mass is 264 g/mol. The van der Waals surface area contributed by atoms with Crippen molar-refractivity contribution in [2.75, 3.05) is 13.1 Å². The Balaban J connectivity index is 1.60. The lowest BCUT2D eigenvalue weighted by Gasteiger charge is -2.28. The molecule has 0 aromatic carbocycles. The van der Waals surface area contributed by atoms with Crippen molar-refractivity contribution >= 4 is 0 Å². The zero-order chi connectivity index (χ0) is 13.1. The molecule has 0 radical (unpaired) electrons. The normalized spacial score (nSPS) is 28.3. The van der Waals surface area contributed by atoms with Gasteiger partial charge in [0.2, 0.25) is 5.89 Å². The largest absolute Gasteiger partial charge is 0.338 e. The van der Waals surface area contributed by atoms with Crippen molar-refractivity contribution in [1.29, 1.82) is 0 Å². The summed E-state index contributed by atoms with van der Waals surface area (Å²) in [5, 5.41) is 7.67. The summed E-state index contributed by atoms with van der Waals surface area (Å²) >= 11 is 0. The Labute approximate surface area is 114 Å². The van der Waals surface area contributed by atoms with E-state index in [1.54, 1.807) is 0 Å². The van der Waals surface area contributed by atoms with Gasteiger partial charge in [-0.05, 0) is 45.2 Å². The maximum Gasteiger partial charge on any atom is 0.240 e. The smallest absolute Gasteiger partial charge is 0.240 e. The number of nitrogens with zero attached hydrogens (tertiary/aromatic N) is 3. The number of hydrogen-bond acceptors (Lipinski definition) is 5. The van der Waals surface area contributed by atoms with Gasteiger partial charge in [-0.15, -0.1) is 0 Å². The number of likely N-dealkylation sites (tertiary alicyclic amines) is 1. The van der Waals surface area contributed by atoms with Gasteiger partial charge in [0, 0.05) is 18.5 Å². The van der Waals surface area contributed by atoms with E-state index in [2.05, 4.69) is 27.3 Å². The first kappa shape index (κ1) is 13.1. The van der Waals surface area contributed by atoms with Gasteiger partial charge in [0.05, 0.1) is 6.54 Å². The number of hydrogen-bond donors (Lipinski definition) is 1. The van der Waals surface area contributed by atoms with E-state index < -0.39 is 0 Å². The third-order valence-corrected chi connectivity index (χ3v) is 4.30. The molecule has 2 aliphatic heterocycles. The molecule has 0 amide bonds. The van der Waals surface area contributed by atoms with Crippen LogP contribution in [0.3, 0.4) is 0 Å². The van der Waals surface area contributed by atoms with Crippen molar-refractivity contribution in [3.8, 4) is 0 Å². The molecule has 106 valence electrons. The average Bonchev–Trinajstić information content (AvgIpc) is 3.11. The molecule has 2 saturated heterocycles. The van der Waals surface area contributed by atoms with Gasteiger partial charge in [0.15, 0.2) is 5.82 Å². The Kier molecular flexibility index (Phi) is 4.13. The average molecular weight is 264 g/mol. The number of aromatic nitrogens is 2. The summed E-state index contributed by atoms with van der Waals surface area (Å²) in [4.78, 5) is 7.00. The third-order valence-electron chi connectivity index (χ3n) is 4.30.